The molecule has 5 heteroatoms. The van der Waals surface area contributed by atoms with E-state index in [0.717, 1.165) is 23.4 Å². The van der Waals surface area contributed by atoms with Crippen LogP contribution in [-0.2, 0) is 17.2 Å². The number of para-hydroxylation sites is 1. The summed E-state index contributed by atoms with van der Waals surface area (Å²) >= 11 is 12.1. The molecule has 0 fully saturated rings. The molecule has 0 bridgehead atoms. The highest BCUT2D eigenvalue weighted by Crippen LogP contribution is 2.25. The number of imidazole rings is 1. The van der Waals surface area contributed by atoms with E-state index in [4.69, 9.17) is 27.9 Å². The summed E-state index contributed by atoms with van der Waals surface area (Å²) in [6.45, 7) is 5.46. The molecular formula is C13H16Cl2N2O. The molecule has 0 aliphatic heterocycles. The number of nitrogens with zero attached hydrogens (tertiary/aromatic N) is 2. The Morgan fingerprint density at radius 2 is 2.22 bits per heavy atom. The summed E-state index contributed by atoms with van der Waals surface area (Å²) in [7, 11) is 0. The van der Waals surface area contributed by atoms with E-state index in [1.165, 1.54) is 0 Å². The van der Waals surface area contributed by atoms with Crippen molar-refractivity contribution in [2.45, 2.75) is 32.4 Å². The summed E-state index contributed by atoms with van der Waals surface area (Å²) in [5.41, 5.74) is 1.81. The van der Waals surface area contributed by atoms with Gasteiger partial charge in [0, 0.05) is 6.61 Å². The lowest BCUT2D eigenvalue weighted by molar-refractivity contribution is 0.0643. The molecule has 0 aliphatic carbocycles. The van der Waals surface area contributed by atoms with Gasteiger partial charge < -0.3 is 9.30 Å². The largest absolute Gasteiger partial charge is 0.377 e. The van der Waals surface area contributed by atoms with Crippen molar-refractivity contribution in [2.24, 2.45) is 0 Å². The van der Waals surface area contributed by atoms with Crippen molar-refractivity contribution < 1.29 is 4.74 Å². The summed E-state index contributed by atoms with van der Waals surface area (Å²) in [5.74, 6) is 1.19. The van der Waals surface area contributed by atoms with E-state index in [1.807, 2.05) is 32.0 Å². The minimum atomic E-state index is 0.119. The zero-order chi connectivity index (χ0) is 13.1. The van der Waals surface area contributed by atoms with Crippen molar-refractivity contribution in [1.82, 2.24) is 9.55 Å². The molecule has 2 rings (SSSR count). The predicted octanol–water partition coefficient (Wildman–Crippen LogP) is 3.85. The smallest absolute Gasteiger partial charge is 0.124 e. The van der Waals surface area contributed by atoms with Crippen molar-refractivity contribution in [1.29, 1.82) is 0 Å². The van der Waals surface area contributed by atoms with E-state index < -0.39 is 0 Å². The summed E-state index contributed by atoms with van der Waals surface area (Å²) < 4.78 is 7.65. The number of ether oxygens (including phenoxy) is 1. The Balaban J connectivity index is 2.44. The highest BCUT2D eigenvalue weighted by Gasteiger charge is 2.14. The number of benzene rings is 1. The molecule has 0 radical (unpaired) electrons. The maximum Gasteiger partial charge on any atom is 0.124 e. The second-order valence-electron chi connectivity index (χ2n) is 4.15. The Labute approximate surface area is 117 Å². The molecule has 1 aromatic heterocycles. The molecule has 1 unspecified atom stereocenters. The van der Waals surface area contributed by atoms with Gasteiger partial charge in [-0.15, -0.1) is 11.6 Å². The molecule has 0 N–H and O–H groups in total. The standard InChI is InChI=1S/C13H16Cl2N2O/c1-3-18-9(2)8-17-11-6-4-5-10(15)13(11)16-12(17)7-14/h4-6,9H,3,7-8H2,1-2H3. The maximum absolute atomic E-state index is 6.15. The summed E-state index contributed by atoms with van der Waals surface area (Å²) in [5, 5.41) is 0.654. The third kappa shape index (κ3) is 2.63. The van der Waals surface area contributed by atoms with Crippen LogP contribution in [0.15, 0.2) is 18.2 Å². The van der Waals surface area contributed by atoms with Gasteiger partial charge in [-0.3, -0.25) is 0 Å². The van der Waals surface area contributed by atoms with E-state index >= 15 is 0 Å². The first-order chi connectivity index (χ1) is 8.67. The first kappa shape index (κ1) is 13.7. The molecule has 3 nitrogen and oxygen atoms in total. The van der Waals surface area contributed by atoms with Gasteiger partial charge in [0.2, 0.25) is 0 Å². The van der Waals surface area contributed by atoms with Gasteiger partial charge in [-0.1, -0.05) is 17.7 Å². The lowest BCUT2D eigenvalue weighted by Gasteiger charge is -2.14. The van der Waals surface area contributed by atoms with Gasteiger partial charge in [0.05, 0.1) is 29.1 Å². The van der Waals surface area contributed by atoms with Crippen LogP contribution in [0.1, 0.15) is 19.7 Å². The Bertz CT molecular complexity index is 539. The number of halogens is 2. The Hall–Kier alpha value is -0.770. The quantitative estimate of drug-likeness (QED) is 0.781. The topological polar surface area (TPSA) is 27.1 Å². The first-order valence-electron chi connectivity index (χ1n) is 5.98. The Kier molecular flexibility index (Phi) is 4.49. The number of hydrogen-bond acceptors (Lipinski definition) is 2. The van der Waals surface area contributed by atoms with Gasteiger partial charge in [-0.05, 0) is 26.0 Å². The molecule has 0 spiro atoms. The number of hydrogen-bond donors (Lipinski definition) is 0. The maximum atomic E-state index is 6.15. The molecule has 98 valence electrons. The van der Waals surface area contributed by atoms with Crippen LogP contribution in [0.3, 0.4) is 0 Å². The van der Waals surface area contributed by atoms with E-state index in [-0.39, 0.29) is 6.10 Å². The van der Waals surface area contributed by atoms with Crippen LogP contribution in [0, 0.1) is 0 Å². The predicted molar refractivity (Wildman–Crippen MR) is 75.4 cm³/mol. The number of fused-ring (bicyclic) bond motifs is 1. The van der Waals surface area contributed by atoms with Crippen LogP contribution in [0.5, 0.6) is 0 Å². The van der Waals surface area contributed by atoms with E-state index in [0.29, 0.717) is 17.5 Å². The number of aromatic nitrogens is 2. The average Bonchev–Trinajstić information content (AvgIpc) is 2.69. The third-order valence-electron chi connectivity index (χ3n) is 2.82. The Morgan fingerprint density at radius 3 is 2.89 bits per heavy atom. The fraction of sp³-hybridized carbons (Fsp3) is 0.462. The van der Waals surface area contributed by atoms with E-state index in [2.05, 4.69) is 9.55 Å². The van der Waals surface area contributed by atoms with Crippen LogP contribution in [0.4, 0.5) is 0 Å². The van der Waals surface area contributed by atoms with Crippen LogP contribution >= 0.6 is 23.2 Å². The highest BCUT2D eigenvalue weighted by atomic mass is 35.5. The molecule has 18 heavy (non-hydrogen) atoms. The van der Waals surface area contributed by atoms with Crippen molar-refractivity contribution in [2.75, 3.05) is 6.61 Å². The Morgan fingerprint density at radius 1 is 1.44 bits per heavy atom. The van der Waals surface area contributed by atoms with Gasteiger partial charge in [0.1, 0.15) is 11.3 Å². The normalized spacial score (nSPS) is 13.1. The summed E-state index contributed by atoms with van der Waals surface area (Å²) in [6.07, 6.45) is 0.119. The van der Waals surface area contributed by atoms with Crippen molar-refractivity contribution >= 4 is 34.2 Å². The molecule has 0 amide bonds. The number of alkyl halides is 1. The summed E-state index contributed by atoms with van der Waals surface area (Å²) in [6, 6.07) is 5.76. The van der Waals surface area contributed by atoms with Crippen LogP contribution in [0.25, 0.3) is 11.0 Å². The minimum Gasteiger partial charge on any atom is -0.377 e. The molecule has 1 atom stereocenters. The molecule has 0 saturated heterocycles. The van der Waals surface area contributed by atoms with Crippen LogP contribution in [0.2, 0.25) is 5.02 Å². The second-order valence-corrected chi connectivity index (χ2v) is 4.82. The van der Waals surface area contributed by atoms with Gasteiger partial charge in [0.15, 0.2) is 0 Å². The van der Waals surface area contributed by atoms with Gasteiger partial charge in [-0.2, -0.15) is 0 Å². The van der Waals surface area contributed by atoms with Gasteiger partial charge in [-0.25, -0.2) is 4.98 Å². The van der Waals surface area contributed by atoms with Crippen molar-refractivity contribution in [3.63, 3.8) is 0 Å². The van der Waals surface area contributed by atoms with Crippen LogP contribution < -0.4 is 0 Å². The fourth-order valence-corrected chi connectivity index (χ4v) is 2.48. The molecular weight excluding hydrogens is 271 g/mol. The number of rotatable bonds is 5. The molecule has 1 heterocycles. The minimum absolute atomic E-state index is 0.119. The molecule has 2 aromatic rings. The highest BCUT2D eigenvalue weighted by molar-refractivity contribution is 6.35. The molecule has 0 aliphatic rings. The zero-order valence-electron chi connectivity index (χ0n) is 10.5. The molecule has 0 saturated carbocycles. The monoisotopic (exact) mass is 286 g/mol. The SMILES string of the molecule is CCOC(C)Cn1c(CCl)nc2c(Cl)cccc21. The lowest BCUT2D eigenvalue weighted by Crippen LogP contribution is -2.17. The van der Waals surface area contributed by atoms with Gasteiger partial charge >= 0.3 is 0 Å². The zero-order valence-corrected chi connectivity index (χ0v) is 12.0. The van der Waals surface area contributed by atoms with Gasteiger partial charge in [0.25, 0.3) is 0 Å². The second kappa shape index (κ2) is 5.91. The molecule has 1 aromatic carbocycles. The summed E-state index contributed by atoms with van der Waals surface area (Å²) in [4.78, 5) is 4.49. The van der Waals surface area contributed by atoms with Crippen molar-refractivity contribution in [3.05, 3.63) is 29.0 Å². The van der Waals surface area contributed by atoms with E-state index in [9.17, 15) is 0 Å². The van der Waals surface area contributed by atoms with Crippen LogP contribution in [-0.4, -0.2) is 22.3 Å². The van der Waals surface area contributed by atoms with Crippen molar-refractivity contribution in [3.8, 4) is 0 Å². The third-order valence-corrected chi connectivity index (χ3v) is 3.36. The first-order valence-corrected chi connectivity index (χ1v) is 6.89. The average molecular weight is 287 g/mol. The fourth-order valence-electron chi connectivity index (χ4n) is 2.06. The van der Waals surface area contributed by atoms with E-state index in [1.54, 1.807) is 0 Å². The lowest BCUT2D eigenvalue weighted by atomic mass is 10.3.